The van der Waals surface area contributed by atoms with Crippen LogP contribution in [-0.2, 0) is 4.79 Å². The van der Waals surface area contributed by atoms with E-state index < -0.39 is 0 Å². The highest BCUT2D eigenvalue weighted by Gasteiger charge is 2.41. The fraction of sp³-hybridized carbons (Fsp3) is 0.375. The van der Waals surface area contributed by atoms with Crippen LogP contribution in [0, 0.1) is 5.41 Å². The Bertz CT molecular complexity index is 1020. The molecule has 5 nitrogen and oxygen atoms in total. The number of rotatable bonds is 3. The maximum Gasteiger partial charge on any atom is 0.231 e. The Kier molecular flexibility index (Phi) is 4.09. The minimum atomic E-state index is -0.130. The third-order valence-electron chi connectivity index (χ3n) is 5.87. The van der Waals surface area contributed by atoms with Crippen molar-refractivity contribution in [2.24, 2.45) is 5.41 Å². The summed E-state index contributed by atoms with van der Waals surface area (Å²) in [5.74, 6) is 2.39. The fourth-order valence-electron chi connectivity index (χ4n) is 4.67. The molecule has 0 amide bonds. The van der Waals surface area contributed by atoms with Gasteiger partial charge in [0, 0.05) is 35.4 Å². The number of Topliss-reactive ketones (excluding diaryl/α,β-unsaturated/α-hetero) is 1. The minimum Gasteiger partial charge on any atom is -0.494 e. The molecule has 0 radical (unpaired) electrons. The van der Waals surface area contributed by atoms with E-state index in [4.69, 9.17) is 14.2 Å². The Balaban J connectivity index is 1.67. The van der Waals surface area contributed by atoms with Gasteiger partial charge >= 0.3 is 0 Å². The second-order valence-electron chi connectivity index (χ2n) is 8.69. The van der Waals surface area contributed by atoms with Crippen LogP contribution in [-0.4, -0.2) is 19.2 Å². The second-order valence-corrected chi connectivity index (χ2v) is 8.69. The summed E-state index contributed by atoms with van der Waals surface area (Å²) in [5, 5.41) is 3.54. The van der Waals surface area contributed by atoms with Crippen LogP contribution in [0.25, 0.3) is 0 Å². The largest absolute Gasteiger partial charge is 0.494 e. The molecular formula is C24H25NO4. The van der Waals surface area contributed by atoms with Gasteiger partial charge in [-0.25, -0.2) is 0 Å². The van der Waals surface area contributed by atoms with E-state index in [9.17, 15) is 4.79 Å². The van der Waals surface area contributed by atoms with E-state index >= 15 is 0 Å². The van der Waals surface area contributed by atoms with Gasteiger partial charge in [-0.2, -0.15) is 0 Å². The lowest BCUT2D eigenvalue weighted by molar-refractivity contribution is -0.118. The Morgan fingerprint density at radius 2 is 1.83 bits per heavy atom. The molecule has 3 aliphatic rings. The van der Waals surface area contributed by atoms with Crippen molar-refractivity contribution < 1.29 is 19.0 Å². The summed E-state index contributed by atoms with van der Waals surface area (Å²) in [6, 6.07) is 12.1. The molecule has 2 aliphatic heterocycles. The first-order valence-electron chi connectivity index (χ1n) is 10.1. The van der Waals surface area contributed by atoms with Gasteiger partial charge in [-0.1, -0.05) is 26.0 Å². The van der Waals surface area contributed by atoms with Crippen molar-refractivity contribution >= 4 is 11.5 Å². The molecule has 5 rings (SSSR count). The number of fused-ring (bicyclic) bond motifs is 2. The summed E-state index contributed by atoms with van der Waals surface area (Å²) < 4.78 is 16.8. The number of ketones is 1. The van der Waals surface area contributed by atoms with Crippen molar-refractivity contribution in [1.29, 1.82) is 0 Å². The number of allylic oxidation sites excluding steroid dienone is 2. The molecule has 0 spiro atoms. The van der Waals surface area contributed by atoms with Gasteiger partial charge in [0.1, 0.15) is 5.75 Å². The summed E-state index contributed by atoms with van der Waals surface area (Å²) in [4.78, 5) is 13.3. The number of benzene rings is 2. The lowest BCUT2D eigenvalue weighted by Gasteiger charge is -2.39. The molecular weight excluding hydrogens is 366 g/mol. The van der Waals surface area contributed by atoms with Crippen LogP contribution in [0.15, 0.2) is 47.7 Å². The number of hydrogen-bond donors (Lipinski definition) is 1. The molecule has 1 aliphatic carbocycles. The SMILES string of the molecule is CCOc1ccc([C@@H]2C3=C(CC(C)(C)CC3=O)Nc3cc4c(cc32)OCO4)cc1. The van der Waals surface area contributed by atoms with Crippen molar-refractivity contribution in [2.75, 3.05) is 18.7 Å². The first-order valence-corrected chi connectivity index (χ1v) is 10.1. The smallest absolute Gasteiger partial charge is 0.231 e. The Morgan fingerprint density at radius 1 is 1.10 bits per heavy atom. The number of carbonyl (C=O) groups excluding carboxylic acids is 1. The average molecular weight is 391 g/mol. The van der Waals surface area contributed by atoms with Crippen molar-refractivity contribution in [3.05, 3.63) is 58.8 Å². The van der Waals surface area contributed by atoms with Gasteiger partial charge in [-0.15, -0.1) is 0 Å². The molecule has 0 unspecified atom stereocenters. The molecule has 2 heterocycles. The van der Waals surface area contributed by atoms with Gasteiger partial charge < -0.3 is 19.5 Å². The zero-order valence-electron chi connectivity index (χ0n) is 17.0. The highest BCUT2D eigenvalue weighted by molar-refractivity contribution is 6.01. The van der Waals surface area contributed by atoms with Gasteiger partial charge in [0.15, 0.2) is 17.3 Å². The molecule has 5 heteroatoms. The molecule has 1 N–H and O–H groups in total. The van der Waals surface area contributed by atoms with Crippen LogP contribution < -0.4 is 19.5 Å². The molecule has 0 bridgehead atoms. The summed E-state index contributed by atoms with van der Waals surface area (Å²) in [7, 11) is 0. The third kappa shape index (κ3) is 3.05. The van der Waals surface area contributed by atoms with Crippen LogP contribution in [0.3, 0.4) is 0 Å². The van der Waals surface area contributed by atoms with E-state index in [1.807, 2.05) is 31.2 Å². The molecule has 150 valence electrons. The van der Waals surface area contributed by atoms with E-state index in [0.717, 1.165) is 51.8 Å². The first kappa shape index (κ1) is 18.1. The molecule has 0 saturated heterocycles. The zero-order chi connectivity index (χ0) is 20.2. The third-order valence-corrected chi connectivity index (χ3v) is 5.87. The predicted molar refractivity (Wildman–Crippen MR) is 111 cm³/mol. The van der Waals surface area contributed by atoms with Crippen LogP contribution in [0.2, 0.25) is 0 Å². The monoisotopic (exact) mass is 391 g/mol. The highest BCUT2D eigenvalue weighted by atomic mass is 16.7. The van der Waals surface area contributed by atoms with E-state index in [2.05, 4.69) is 31.3 Å². The number of nitrogens with one attached hydrogen (secondary N) is 1. The Hall–Kier alpha value is -2.95. The van der Waals surface area contributed by atoms with Gasteiger partial charge in [0.05, 0.1) is 6.61 Å². The van der Waals surface area contributed by atoms with Crippen molar-refractivity contribution in [1.82, 2.24) is 0 Å². The quantitative estimate of drug-likeness (QED) is 0.797. The van der Waals surface area contributed by atoms with Crippen molar-refractivity contribution in [3.8, 4) is 17.2 Å². The summed E-state index contributed by atoms with van der Waals surface area (Å²) >= 11 is 0. The van der Waals surface area contributed by atoms with Crippen LogP contribution in [0.4, 0.5) is 5.69 Å². The van der Waals surface area contributed by atoms with E-state index in [1.165, 1.54) is 0 Å². The molecule has 29 heavy (non-hydrogen) atoms. The molecule has 0 saturated carbocycles. The van der Waals surface area contributed by atoms with Crippen LogP contribution in [0.5, 0.6) is 17.2 Å². The maximum absolute atomic E-state index is 13.3. The summed E-state index contributed by atoms with van der Waals surface area (Å²) in [6.07, 6.45) is 1.40. The van der Waals surface area contributed by atoms with Crippen LogP contribution >= 0.6 is 0 Å². The van der Waals surface area contributed by atoms with Gasteiger partial charge in [-0.3, -0.25) is 4.79 Å². The topological polar surface area (TPSA) is 56.8 Å². The molecule has 2 aromatic rings. The maximum atomic E-state index is 13.3. The van der Waals surface area contributed by atoms with Crippen molar-refractivity contribution in [3.63, 3.8) is 0 Å². The lowest BCUT2D eigenvalue weighted by atomic mass is 9.68. The van der Waals surface area contributed by atoms with Gasteiger partial charge in [0.2, 0.25) is 6.79 Å². The number of carbonyl (C=O) groups is 1. The van der Waals surface area contributed by atoms with E-state index in [0.29, 0.717) is 13.0 Å². The number of anilines is 1. The molecule has 0 fully saturated rings. The Labute approximate surface area is 170 Å². The summed E-state index contributed by atoms with van der Waals surface area (Å²) in [6.45, 7) is 7.13. The standard InChI is InChI=1S/C24H25NO4/c1-4-27-15-7-5-14(6-8-15)22-16-9-20-21(29-13-28-20)10-17(16)25-18-11-24(2,3)12-19(26)23(18)22/h5-10,22,25H,4,11-13H2,1-3H3/t22-/m0/s1. The normalized spacial score (nSPS) is 21.3. The molecule has 0 aromatic heterocycles. The number of ether oxygens (including phenoxy) is 3. The van der Waals surface area contributed by atoms with E-state index in [1.54, 1.807) is 0 Å². The first-order chi connectivity index (χ1) is 13.9. The van der Waals surface area contributed by atoms with Gasteiger partial charge in [0.25, 0.3) is 0 Å². The van der Waals surface area contributed by atoms with Crippen LogP contribution in [0.1, 0.15) is 50.7 Å². The summed E-state index contributed by atoms with van der Waals surface area (Å²) in [5.41, 5.74) is 4.95. The fourth-order valence-corrected chi connectivity index (χ4v) is 4.67. The van der Waals surface area contributed by atoms with Crippen molar-refractivity contribution in [2.45, 2.75) is 39.5 Å². The number of hydrogen-bond acceptors (Lipinski definition) is 5. The lowest BCUT2D eigenvalue weighted by Crippen LogP contribution is -2.33. The zero-order valence-corrected chi connectivity index (χ0v) is 17.0. The van der Waals surface area contributed by atoms with Gasteiger partial charge in [-0.05, 0) is 48.1 Å². The highest BCUT2D eigenvalue weighted by Crippen LogP contribution is 2.51. The molecule has 2 aromatic carbocycles. The minimum absolute atomic E-state index is 0.0554. The van der Waals surface area contributed by atoms with E-state index in [-0.39, 0.29) is 23.9 Å². The Morgan fingerprint density at radius 3 is 2.55 bits per heavy atom. The molecule has 1 atom stereocenters. The second kappa shape index (κ2) is 6.55. The average Bonchev–Trinajstić information content (AvgIpc) is 3.12. The predicted octanol–water partition coefficient (Wildman–Crippen LogP) is 5.01.